The van der Waals surface area contributed by atoms with Crippen molar-refractivity contribution in [3.05, 3.63) is 72.1 Å². The van der Waals surface area contributed by atoms with Crippen molar-refractivity contribution >= 4 is 22.6 Å². The summed E-state index contributed by atoms with van der Waals surface area (Å²) in [6.07, 6.45) is 1.85. The van der Waals surface area contributed by atoms with Gasteiger partial charge in [0.25, 0.3) is 0 Å². The maximum atomic E-state index is 6.05. The molecule has 0 unspecified atom stereocenters. The first kappa shape index (κ1) is 13.0. The molecule has 0 aliphatic heterocycles. The van der Waals surface area contributed by atoms with E-state index in [1.54, 1.807) is 0 Å². The van der Waals surface area contributed by atoms with Crippen LogP contribution < -0.4 is 0 Å². The molecule has 4 aromatic rings. The highest BCUT2D eigenvalue weighted by molar-refractivity contribution is 6.28. The van der Waals surface area contributed by atoms with Crippen molar-refractivity contribution in [3.63, 3.8) is 0 Å². The first-order valence-electron chi connectivity index (χ1n) is 6.98. The molecule has 0 bridgehead atoms. The molecule has 22 heavy (non-hydrogen) atoms. The SMILES string of the molecule is Clc1nc(-c2cccc(-c3ccccc3)c2)c2cc[nH]c2n1. The number of hydrogen-bond acceptors (Lipinski definition) is 2. The van der Waals surface area contributed by atoms with E-state index >= 15 is 0 Å². The lowest BCUT2D eigenvalue weighted by atomic mass is 10.0. The molecule has 4 rings (SSSR count). The molecule has 1 N–H and O–H groups in total. The Labute approximate surface area is 132 Å². The fraction of sp³-hybridized carbons (Fsp3) is 0. The van der Waals surface area contributed by atoms with Crippen molar-refractivity contribution in [3.8, 4) is 22.4 Å². The van der Waals surface area contributed by atoms with E-state index in [0.717, 1.165) is 27.9 Å². The highest BCUT2D eigenvalue weighted by atomic mass is 35.5. The monoisotopic (exact) mass is 305 g/mol. The van der Waals surface area contributed by atoms with Gasteiger partial charge in [-0.1, -0.05) is 48.5 Å². The first-order chi connectivity index (χ1) is 10.8. The lowest BCUT2D eigenvalue weighted by Crippen LogP contribution is -1.90. The number of rotatable bonds is 2. The van der Waals surface area contributed by atoms with Gasteiger partial charge in [-0.05, 0) is 34.9 Å². The smallest absolute Gasteiger partial charge is 0.224 e. The number of nitrogens with one attached hydrogen (secondary N) is 1. The average Bonchev–Trinajstić information content (AvgIpc) is 3.03. The topological polar surface area (TPSA) is 41.6 Å². The average molecular weight is 306 g/mol. The summed E-state index contributed by atoms with van der Waals surface area (Å²) in [7, 11) is 0. The molecule has 0 atom stereocenters. The lowest BCUT2D eigenvalue weighted by molar-refractivity contribution is 1.20. The van der Waals surface area contributed by atoms with Crippen LogP contribution in [-0.2, 0) is 0 Å². The normalized spacial score (nSPS) is 11.0. The van der Waals surface area contributed by atoms with Crippen LogP contribution in [-0.4, -0.2) is 15.0 Å². The van der Waals surface area contributed by atoms with Gasteiger partial charge in [0.05, 0.1) is 5.69 Å². The Kier molecular flexibility index (Phi) is 3.13. The number of aromatic amines is 1. The zero-order chi connectivity index (χ0) is 14.9. The van der Waals surface area contributed by atoms with E-state index in [4.69, 9.17) is 11.6 Å². The summed E-state index contributed by atoms with van der Waals surface area (Å²) in [5.74, 6) is 0. The van der Waals surface area contributed by atoms with E-state index in [1.807, 2.05) is 42.6 Å². The Morgan fingerprint density at radius 3 is 2.41 bits per heavy atom. The number of nitrogens with zero attached hydrogens (tertiary/aromatic N) is 2. The molecule has 2 heterocycles. The number of H-pyrrole nitrogens is 1. The van der Waals surface area contributed by atoms with Crippen LogP contribution in [0.3, 0.4) is 0 Å². The molecule has 3 nitrogen and oxygen atoms in total. The van der Waals surface area contributed by atoms with Crippen LogP contribution in [0.1, 0.15) is 0 Å². The molecular weight excluding hydrogens is 294 g/mol. The van der Waals surface area contributed by atoms with Crippen LogP contribution in [0, 0.1) is 0 Å². The Morgan fingerprint density at radius 2 is 1.55 bits per heavy atom. The van der Waals surface area contributed by atoms with Crippen LogP contribution in [0.2, 0.25) is 5.28 Å². The number of fused-ring (bicyclic) bond motifs is 1. The fourth-order valence-corrected chi connectivity index (χ4v) is 2.78. The molecule has 0 saturated carbocycles. The molecule has 0 spiro atoms. The lowest BCUT2D eigenvalue weighted by Gasteiger charge is -2.07. The van der Waals surface area contributed by atoms with Gasteiger partial charge in [-0.2, -0.15) is 4.98 Å². The summed E-state index contributed by atoms with van der Waals surface area (Å²) in [4.78, 5) is 11.7. The van der Waals surface area contributed by atoms with Gasteiger partial charge in [0, 0.05) is 17.1 Å². The van der Waals surface area contributed by atoms with Crippen LogP contribution in [0.25, 0.3) is 33.4 Å². The van der Waals surface area contributed by atoms with Gasteiger partial charge >= 0.3 is 0 Å². The highest BCUT2D eigenvalue weighted by Crippen LogP contribution is 2.30. The van der Waals surface area contributed by atoms with E-state index in [1.165, 1.54) is 5.56 Å². The molecule has 106 valence electrons. The fourth-order valence-electron chi connectivity index (χ4n) is 2.61. The highest BCUT2D eigenvalue weighted by Gasteiger charge is 2.10. The van der Waals surface area contributed by atoms with E-state index in [2.05, 4.69) is 39.2 Å². The van der Waals surface area contributed by atoms with Gasteiger partial charge < -0.3 is 4.98 Å². The minimum atomic E-state index is 0.245. The molecule has 0 radical (unpaired) electrons. The first-order valence-corrected chi connectivity index (χ1v) is 7.35. The molecule has 0 saturated heterocycles. The predicted octanol–water partition coefficient (Wildman–Crippen LogP) is 4.95. The van der Waals surface area contributed by atoms with Gasteiger partial charge in [-0.25, -0.2) is 4.98 Å². The van der Waals surface area contributed by atoms with E-state index in [-0.39, 0.29) is 5.28 Å². The van der Waals surface area contributed by atoms with E-state index in [9.17, 15) is 0 Å². The predicted molar refractivity (Wildman–Crippen MR) is 89.8 cm³/mol. The Balaban J connectivity index is 1.91. The maximum absolute atomic E-state index is 6.05. The van der Waals surface area contributed by atoms with Crippen molar-refractivity contribution in [1.29, 1.82) is 0 Å². The summed E-state index contributed by atoms with van der Waals surface area (Å²) < 4.78 is 0. The number of halogens is 1. The Bertz CT molecular complexity index is 945. The summed E-state index contributed by atoms with van der Waals surface area (Å²) in [6.45, 7) is 0. The van der Waals surface area contributed by atoms with E-state index in [0.29, 0.717) is 0 Å². The van der Waals surface area contributed by atoms with Crippen LogP contribution in [0.15, 0.2) is 66.9 Å². The molecule has 0 aliphatic carbocycles. The molecule has 4 heteroatoms. The second kappa shape index (κ2) is 5.28. The van der Waals surface area contributed by atoms with Gasteiger partial charge in [-0.15, -0.1) is 0 Å². The summed E-state index contributed by atoms with van der Waals surface area (Å²) in [6, 6.07) is 20.5. The van der Waals surface area contributed by atoms with Crippen molar-refractivity contribution < 1.29 is 0 Å². The van der Waals surface area contributed by atoms with Crippen LogP contribution in [0.5, 0.6) is 0 Å². The quantitative estimate of drug-likeness (QED) is 0.533. The van der Waals surface area contributed by atoms with Crippen molar-refractivity contribution in [1.82, 2.24) is 15.0 Å². The third-order valence-electron chi connectivity index (χ3n) is 3.63. The summed E-state index contributed by atoms with van der Waals surface area (Å²) in [5, 5.41) is 1.21. The zero-order valence-electron chi connectivity index (χ0n) is 11.6. The standard InChI is InChI=1S/C18H12ClN3/c19-18-21-16(15-9-10-20-17(15)22-18)14-8-4-7-13(11-14)12-5-2-1-3-6-12/h1-11H,(H,20,21,22). The van der Waals surface area contributed by atoms with Gasteiger partial charge in [0.2, 0.25) is 5.28 Å². The summed E-state index contributed by atoms with van der Waals surface area (Å²) in [5.41, 5.74) is 4.94. The molecule has 2 aromatic carbocycles. The van der Waals surface area contributed by atoms with Gasteiger partial charge in [0.15, 0.2) is 0 Å². The Hall–Kier alpha value is -2.65. The molecule has 0 fully saturated rings. The molecule has 0 amide bonds. The van der Waals surface area contributed by atoms with Crippen molar-refractivity contribution in [2.45, 2.75) is 0 Å². The Morgan fingerprint density at radius 1 is 0.773 bits per heavy atom. The van der Waals surface area contributed by atoms with Gasteiger partial charge in [-0.3, -0.25) is 0 Å². The second-order valence-corrected chi connectivity index (χ2v) is 5.37. The van der Waals surface area contributed by atoms with Crippen LogP contribution in [0.4, 0.5) is 0 Å². The molecule has 0 aliphatic rings. The second-order valence-electron chi connectivity index (χ2n) is 5.03. The zero-order valence-corrected chi connectivity index (χ0v) is 12.4. The van der Waals surface area contributed by atoms with Gasteiger partial charge in [0.1, 0.15) is 5.65 Å². The van der Waals surface area contributed by atoms with Crippen molar-refractivity contribution in [2.24, 2.45) is 0 Å². The molecular formula is C18H12ClN3. The number of aromatic nitrogens is 3. The number of hydrogen-bond donors (Lipinski definition) is 1. The summed E-state index contributed by atoms with van der Waals surface area (Å²) >= 11 is 6.05. The van der Waals surface area contributed by atoms with E-state index < -0.39 is 0 Å². The third kappa shape index (κ3) is 2.26. The van der Waals surface area contributed by atoms with Crippen molar-refractivity contribution in [2.75, 3.05) is 0 Å². The maximum Gasteiger partial charge on any atom is 0.224 e. The number of benzene rings is 2. The van der Waals surface area contributed by atoms with Crippen LogP contribution >= 0.6 is 11.6 Å². The molecule has 2 aromatic heterocycles. The minimum Gasteiger partial charge on any atom is -0.346 e. The third-order valence-corrected chi connectivity index (χ3v) is 3.80. The minimum absolute atomic E-state index is 0.245. The largest absolute Gasteiger partial charge is 0.346 e.